The second kappa shape index (κ2) is 6.49. The summed E-state index contributed by atoms with van der Waals surface area (Å²) in [5, 5.41) is 2.91. The molecule has 2 rings (SSSR count). The van der Waals surface area contributed by atoms with Crippen LogP contribution in [0, 0.1) is 18.8 Å². The Labute approximate surface area is 129 Å². The third-order valence-electron chi connectivity index (χ3n) is 4.94. The van der Waals surface area contributed by atoms with Crippen molar-refractivity contribution in [3.8, 4) is 0 Å². The predicted octanol–water partition coefficient (Wildman–Crippen LogP) is 3.18. The molecule has 0 radical (unpaired) electrons. The van der Waals surface area contributed by atoms with E-state index in [4.69, 9.17) is 0 Å². The van der Waals surface area contributed by atoms with Crippen LogP contribution in [-0.4, -0.2) is 26.8 Å². The number of sulfone groups is 1. The highest BCUT2D eigenvalue weighted by atomic mass is 32.2. The molecular formula is C17H27NO2S. The van der Waals surface area contributed by atoms with Gasteiger partial charge >= 0.3 is 0 Å². The minimum Gasteiger partial charge on any atom is -0.316 e. The van der Waals surface area contributed by atoms with Gasteiger partial charge in [-0.15, -0.1) is 0 Å². The average Bonchev–Trinajstić information content (AvgIpc) is 2.46. The van der Waals surface area contributed by atoms with Crippen LogP contribution in [0.1, 0.15) is 38.7 Å². The summed E-state index contributed by atoms with van der Waals surface area (Å²) < 4.78 is 26.2. The molecule has 0 saturated heterocycles. The first-order valence-electron chi connectivity index (χ1n) is 7.84. The maximum absolute atomic E-state index is 13.1. The zero-order valence-corrected chi connectivity index (χ0v) is 14.3. The molecule has 0 aliphatic heterocycles. The fourth-order valence-corrected chi connectivity index (χ4v) is 5.79. The Morgan fingerprint density at radius 2 is 1.86 bits per heavy atom. The second-order valence-corrected chi connectivity index (χ2v) is 8.70. The fourth-order valence-electron chi connectivity index (χ4n) is 3.48. The molecule has 1 aromatic rings. The Kier molecular flexibility index (Phi) is 5.10. The molecule has 4 heteroatoms. The zero-order chi connectivity index (χ0) is 15.6. The van der Waals surface area contributed by atoms with Gasteiger partial charge in [-0.2, -0.15) is 0 Å². The smallest absolute Gasteiger partial charge is 0.183 e. The van der Waals surface area contributed by atoms with Crippen LogP contribution in [0.3, 0.4) is 0 Å². The lowest BCUT2D eigenvalue weighted by molar-refractivity contribution is 0.246. The lowest BCUT2D eigenvalue weighted by atomic mass is 9.79. The van der Waals surface area contributed by atoms with Gasteiger partial charge in [0.05, 0.1) is 10.1 Å². The lowest BCUT2D eigenvalue weighted by Gasteiger charge is -2.37. The van der Waals surface area contributed by atoms with E-state index in [0.717, 1.165) is 24.8 Å². The van der Waals surface area contributed by atoms with Crippen molar-refractivity contribution in [3.63, 3.8) is 0 Å². The first-order chi connectivity index (χ1) is 9.87. The van der Waals surface area contributed by atoms with E-state index >= 15 is 0 Å². The third-order valence-corrected chi connectivity index (χ3v) is 7.33. The summed E-state index contributed by atoms with van der Waals surface area (Å²) in [6, 6.07) is 7.39. The molecule has 3 unspecified atom stereocenters. The van der Waals surface area contributed by atoms with Crippen molar-refractivity contribution in [2.45, 2.75) is 56.2 Å². The molecule has 1 fully saturated rings. The van der Waals surface area contributed by atoms with Crippen molar-refractivity contribution in [1.29, 1.82) is 0 Å². The minimum absolute atomic E-state index is 0.0598. The molecule has 0 spiro atoms. The summed E-state index contributed by atoms with van der Waals surface area (Å²) in [5.74, 6) is 1.04. The molecule has 118 valence electrons. The molecule has 21 heavy (non-hydrogen) atoms. The molecule has 3 nitrogen and oxygen atoms in total. The highest BCUT2D eigenvalue weighted by Crippen LogP contribution is 2.36. The summed E-state index contributed by atoms with van der Waals surface area (Å²) >= 11 is 0. The van der Waals surface area contributed by atoms with E-state index in [2.05, 4.69) is 19.2 Å². The van der Waals surface area contributed by atoms with E-state index in [-0.39, 0.29) is 11.3 Å². The van der Waals surface area contributed by atoms with Crippen LogP contribution in [0.5, 0.6) is 0 Å². The predicted molar refractivity (Wildman–Crippen MR) is 87.2 cm³/mol. The van der Waals surface area contributed by atoms with Gasteiger partial charge in [0.2, 0.25) is 0 Å². The molecule has 0 amide bonds. The van der Waals surface area contributed by atoms with Gasteiger partial charge in [-0.3, -0.25) is 0 Å². The average molecular weight is 309 g/mol. The van der Waals surface area contributed by atoms with Gasteiger partial charge < -0.3 is 5.32 Å². The van der Waals surface area contributed by atoms with Crippen LogP contribution in [0.15, 0.2) is 29.2 Å². The Balaban J connectivity index is 2.38. The number of hydrogen-bond acceptors (Lipinski definition) is 3. The van der Waals surface area contributed by atoms with E-state index in [1.54, 1.807) is 6.07 Å². The number of aryl methyl sites for hydroxylation is 1. The first kappa shape index (κ1) is 16.5. The Bertz CT molecular complexity index is 580. The standard InChI is InChI=1S/C17H27NO2S/c1-12(2)14-9-10-15(18-4)17(11-14)21(19,20)16-8-6-5-7-13(16)3/h5-8,12,14-15,17-18H,9-11H2,1-4H3. The molecule has 1 aromatic carbocycles. The lowest BCUT2D eigenvalue weighted by Crippen LogP contribution is -2.47. The van der Waals surface area contributed by atoms with E-state index in [9.17, 15) is 8.42 Å². The van der Waals surface area contributed by atoms with Crippen LogP contribution in [0.25, 0.3) is 0 Å². The molecule has 1 aliphatic carbocycles. The van der Waals surface area contributed by atoms with Crippen molar-refractivity contribution < 1.29 is 8.42 Å². The van der Waals surface area contributed by atoms with Gasteiger partial charge in [0, 0.05) is 6.04 Å². The molecule has 0 aromatic heterocycles. The maximum Gasteiger partial charge on any atom is 0.183 e. The number of hydrogen-bond donors (Lipinski definition) is 1. The van der Waals surface area contributed by atoms with Crippen LogP contribution in [-0.2, 0) is 9.84 Å². The molecule has 1 saturated carbocycles. The van der Waals surface area contributed by atoms with Crippen LogP contribution >= 0.6 is 0 Å². The first-order valence-corrected chi connectivity index (χ1v) is 9.39. The summed E-state index contributed by atoms with van der Waals surface area (Å²) in [5.41, 5.74) is 0.846. The second-order valence-electron chi connectivity index (χ2n) is 6.56. The fraction of sp³-hybridized carbons (Fsp3) is 0.647. The third kappa shape index (κ3) is 3.32. The maximum atomic E-state index is 13.1. The summed E-state index contributed by atoms with van der Waals surface area (Å²) in [7, 11) is -1.41. The van der Waals surface area contributed by atoms with Crippen molar-refractivity contribution in [3.05, 3.63) is 29.8 Å². The molecular weight excluding hydrogens is 282 g/mol. The van der Waals surface area contributed by atoms with Gasteiger partial charge in [0.1, 0.15) is 0 Å². The van der Waals surface area contributed by atoms with Crippen molar-refractivity contribution in [2.75, 3.05) is 7.05 Å². The Morgan fingerprint density at radius 1 is 1.19 bits per heavy atom. The van der Waals surface area contributed by atoms with Crippen molar-refractivity contribution >= 4 is 9.84 Å². The van der Waals surface area contributed by atoms with E-state index in [1.165, 1.54) is 0 Å². The molecule has 1 aliphatic rings. The monoisotopic (exact) mass is 309 g/mol. The van der Waals surface area contributed by atoms with Gasteiger partial charge in [0.25, 0.3) is 0 Å². The SMILES string of the molecule is CNC1CCC(C(C)C)CC1S(=O)(=O)c1ccccc1C. The van der Waals surface area contributed by atoms with E-state index in [0.29, 0.717) is 16.7 Å². The number of benzene rings is 1. The molecule has 0 bridgehead atoms. The largest absolute Gasteiger partial charge is 0.316 e. The Hall–Kier alpha value is -0.870. The van der Waals surface area contributed by atoms with Gasteiger partial charge in [0.15, 0.2) is 9.84 Å². The Morgan fingerprint density at radius 3 is 2.43 bits per heavy atom. The van der Waals surface area contributed by atoms with Crippen LogP contribution in [0.4, 0.5) is 0 Å². The van der Waals surface area contributed by atoms with Crippen LogP contribution in [0.2, 0.25) is 0 Å². The highest BCUT2D eigenvalue weighted by molar-refractivity contribution is 7.92. The van der Waals surface area contributed by atoms with E-state index in [1.807, 2.05) is 32.2 Å². The van der Waals surface area contributed by atoms with Crippen LogP contribution < -0.4 is 5.32 Å². The van der Waals surface area contributed by atoms with E-state index < -0.39 is 9.84 Å². The topological polar surface area (TPSA) is 46.2 Å². The summed E-state index contributed by atoms with van der Waals surface area (Å²) in [6.07, 6.45) is 2.82. The molecule has 3 atom stereocenters. The van der Waals surface area contributed by atoms with Gasteiger partial charge in [-0.25, -0.2) is 8.42 Å². The highest BCUT2D eigenvalue weighted by Gasteiger charge is 2.40. The van der Waals surface area contributed by atoms with Gasteiger partial charge in [-0.05, 0) is 56.7 Å². The van der Waals surface area contributed by atoms with Crippen molar-refractivity contribution in [2.24, 2.45) is 11.8 Å². The summed E-state index contributed by atoms with van der Waals surface area (Å²) in [4.78, 5) is 0.500. The number of nitrogens with one attached hydrogen (secondary N) is 1. The summed E-state index contributed by atoms with van der Waals surface area (Å²) in [6.45, 7) is 6.27. The normalized spacial score (nSPS) is 27.0. The zero-order valence-electron chi connectivity index (χ0n) is 13.5. The van der Waals surface area contributed by atoms with Crippen molar-refractivity contribution in [1.82, 2.24) is 5.32 Å². The quantitative estimate of drug-likeness (QED) is 0.929. The van der Waals surface area contributed by atoms with Gasteiger partial charge in [-0.1, -0.05) is 32.0 Å². The minimum atomic E-state index is -3.28. The molecule has 0 heterocycles. The molecule has 1 N–H and O–H groups in total. The number of rotatable bonds is 4.